The van der Waals surface area contributed by atoms with Gasteiger partial charge in [0.05, 0.1) is 22.3 Å². The van der Waals surface area contributed by atoms with E-state index in [-0.39, 0.29) is 11.3 Å². The van der Waals surface area contributed by atoms with Crippen LogP contribution in [0.3, 0.4) is 0 Å². The molecule has 2 N–H and O–H groups in total. The molecule has 0 fully saturated rings. The Morgan fingerprint density at radius 3 is 2.77 bits per heavy atom. The van der Waals surface area contributed by atoms with Gasteiger partial charge < -0.3 is 10.1 Å². The van der Waals surface area contributed by atoms with Gasteiger partial charge in [0.15, 0.2) is 0 Å². The van der Waals surface area contributed by atoms with Gasteiger partial charge in [-0.2, -0.15) is 13.2 Å². The first-order valence-electron chi connectivity index (χ1n) is 7.32. The van der Waals surface area contributed by atoms with Crippen molar-refractivity contribution < 1.29 is 23.1 Å². The van der Waals surface area contributed by atoms with E-state index in [4.69, 9.17) is 5.11 Å². The summed E-state index contributed by atoms with van der Waals surface area (Å²) in [5, 5.41) is 8.66. The molecule has 2 heterocycles. The first-order chi connectivity index (χ1) is 12.3. The van der Waals surface area contributed by atoms with Gasteiger partial charge in [0, 0.05) is 17.5 Å². The molecule has 0 amide bonds. The van der Waals surface area contributed by atoms with Crippen molar-refractivity contribution in [1.82, 2.24) is 15.0 Å². The number of imidazole rings is 1. The molecule has 0 unspecified atom stereocenters. The maximum absolute atomic E-state index is 12.8. The fourth-order valence-corrected chi connectivity index (χ4v) is 4.02. The Kier molecular flexibility index (Phi) is 5.42. The molecule has 0 radical (unpaired) electrons. The van der Waals surface area contributed by atoms with E-state index in [9.17, 15) is 18.0 Å². The van der Waals surface area contributed by atoms with E-state index in [0.717, 1.165) is 12.1 Å². The molecule has 0 aliphatic rings. The lowest BCUT2D eigenvalue weighted by Crippen LogP contribution is -2.04. The third-order valence-corrected chi connectivity index (χ3v) is 5.55. The van der Waals surface area contributed by atoms with Gasteiger partial charge in [-0.15, -0.1) is 0 Å². The van der Waals surface area contributed by atoms with Crippen LogP contribution in [0, 0.1) is 0 Å². The SMILES string of the molecule is O=C(O)CSSCc1ncccc1-c1nc2ccc(C(F)(F)F)cc2[nH]1. The Bertz CT molecular complexity index is 944. The molecular weight excluding hydrogens is 387 g/mol. The van der Waals surface area contributed by atoms with E-state index in [1.54, 1.807) is 18.3 Å². The summed E-state index contributed by atoms with van der Waals surface area (Å²) >= 11 is 0. The van der Waals surface area contributed by atoms with Crippen LogP contribution in [0.2, 0.25) is 0 Å². The number of aromatic amines is 1. The molecule has 0 spiro atoms. The lowest BCUT2D eigenvalue weighted by Gasteiger charge is -2.05. The minimum absolute atomic E-state index is 0.0301. The smallest absolute Gasteiger partial charge is 0.416 e. The summed E-state index contributed by atoms with van der Waals surface area (Å²) in [5.41, 5.74) is 1.31. The summed E-state index contributed by atoms with van der Waals surface area (Å²) in [5.74, 6) is -0.0656. The molecule has 0 saturated heterocycles. The Labute approximate surface area is 153 Å². The van der Waals surface area contributed by atoms with Gasteiger partial charge in [-0.1, -0.05) is 21.6 Å². The van der Waals surface area contributed by atoms with E-state index < -0.39 is 17.7 Å². The summed E-state index contributed by atoms with van der Waals surface area (Å²) in [7, 11) is 2.53. The zero-order valence-electron chi connectivity index (χ0n) is 13.1. The van der Waals surface area contributed by atoms with Crippen molar-refractivity contribution in [3.05, 3.63) is 47.8 Å². The second-order valence-corrected chi connectivity index (χ2v) is 7.69. The van der Waals surface area contributed by atoms with Crippen molar-refractivity contribution in [1.29, 1.82) is 0 Å². The first-order valence-corrected chi connectivity index (χ1v) is 9.81. The molecular formula is C16H12F3N3O2S2. The average Bonchev–Trinajstić information content (AvgIpc) is 3.01. The van der Waals surface area contributed by atoms with Crippen molar-refractivity contribution in [3.8, 4) is 11.4 Å². The maximum Gasteiger partial charge on any atom is 0.416 e. The van der Waals surface area contributed by atoms with Crippen molar-refractivity contribution in [3.63, 3.8) is 0 Å². The van der Waals surface area contributed by atoms with Gasteiger partial charge in [0.25, 0.3) is 0 Å². The van der Waals surface area contributed by atoms with Crippen molar-refractivity contribution >= 4 is 38.6 Å². The number of fused-ring (bicyclic) bond motifs is 1. The van der Waals surface area contributed by atoms with Crippen LogP contribution in [0.15, 0.2) is 36.5 Å². The Hall–Kier alpha value is -2.20. The number of nitrogens with zero attached hydrogens (tertiary/aromatic N) is 2. The van der Waals surface area contributed by atoms with E-state index in [1.807, 2.05) is 0 Å². The minimum Gasteiger partial charge on any atom is -0.481 e. The molecule has 0 aliphatic heterocycles. The van der Waals surface area contributed by atoms with Gasteiger partial charge in [-0.25, -0.2) is 4.98 Å². The number of aromatic nitrogens is 3. The van der Waals surface area contributed by atoms with Crippen LogP contribution < -0.4 is 0 Å². The fourth-order valence-electron chi connectivity index (χ4n) is 2.27. The summed E-state index contributed by atoms with van der Waals surface area (Å²) in [6, 6.07) is 6.83. The molecule has 26 heavy (non-hydrogen) atoms. The van der Waals surface area contributed by atoms with Crippen LogP contribution in [0.4, 0.5) is 13.2 Å². The minimum atomic E-state index is -4.42. The van der Waals surface area contributed by atoms with E-state index in [2.05, 4.69) is 15.0 Å². The van der Waals surface area contributed by atoms with Gasteiger partial charge in [-0.05, 0) is 30.3 Å². The monoisotopic (exact) mass is 399 g/mol. The van der Waals surface area contributed by atoms with Crippen LogP contribution >= 0.6 is 21.6 Å². The normalized spacial score (nSPS) is 11.8. The number of aliphatic carboxylic acids is 1. The number of carboxylic acid groups (broad SMARTS) is 1. The molecule has 5 nitrogen and oxygen atoms in total. The number of carboxylic acids is 1. The first kappa shape index (κ1) is 18.6. The lowest BCUT2D eigenvalue weighted by molar-refractivity contribution is -0.137. The fraction of sp³-hybridized carbons (Fsp3) is 0.188. The largest absolute Gasteiger partial charge is 0.481 e. The molecule has 2 aromatic heterocycles. The standard InChI is InChI=1S/C16H12F3N3O2S2/c17-16(18,19)9-3-4-11-12(6-9)22-15(21-11)10-2-1-5-20-13(10)7-25-26-8-14(23)24/h1-6H,7-8H2,(H,21,22)(H,23,24). The van der Waals surface area contributed by atoms with Crippen molar-refractivity contribution in [2.45, 2.75) is 11.9 Å². The Morgan fingerprint density at radius 1 is 1.23 bits per heavy atom. The average molecular weight is 399 g/mol. The number of pyridine rings is 1. The second kappa shape index (κ2) is 7.58. The molecule has 136 valence electrons. The topological polar surface area (TPSA) is 78.9 Å². The lowest BCUT2D eigenvalue weighted by atomic mass is 10.2. The highest BCUT2D eigenvalue weighted by Crippen LogP contribution is 2.33. The van der Waals surface area contributed by atoms with E-state index in [0.29, 0.717) is 28.4 Å². The molecule has 10 heteroatoms. The third kappa shape index (κ3) is 4.31. The summed E-state index contributed by atoms with van der Waals surface area (Å²) in [4.78, 5) is 22.1. The molecule has 0 saturated carbocycles. The molecule has 3 aromatic rings. The van der Waals surface area contributed by atoms with Crippen LogP contribution in [-0.2, 0) is 16.7 Å². The number of hydrogen-bond donors (Lipinski definition) is 2. The van der Waals surface area contributed by atoms with Gasteiger partial charge >= 0.3 is 12.1 Å². The zero-order valence-corrected chi connectivity index (χ0v) is 14.7. The predicted octanol–water partition coefficient (Wildman–Crippen LogP) is 4.61. The highest BCUT2D eigenvalue weighted by molar-refractivity contribution is 8.76. The van der Waals surface area contributed by atoms with Crippen molar-refractivity contribution in [2.75, 3.05) is 5.75 Å². The second-order valence-electron chi connectivity index (χ2n) is 5.23. The zero-order chi connectivity index (χ0) is 18.7. The van der Waals surface area contributed by atoms with Gasteiger partial charge in [0.2, 0.25) is 0 Å². The highest BCUT2D eigenvalue weighted by Gasteiger charge is 2.30. The molecule has 1 aromatic carbocycles. The summed E-state index contributed by atoms with van der Waals surface area (Å²) < 4.78 is 38.5. The Morgan fingerprint density at radius 2 is 2.04 bits per heavy atom. The van der Waals surface area contributed by atoms with Crippen molar-refractivity contribution in [2.24, 2.45) is 0 Å². The van der Waals surface area contributed by atoms with E-state index in [1.165, 1.54) is 27.7 Å². The quantitative estimate of drug-likeness (QED) is 0.466. The molecule has 0 aliphatic carbocycles. The molecule has 0 bridgehead atoms. The summed E-state index contributed by atoms with van der Waals surface area (Å²) in [6.45, 7) is 0. The number of alkyl halides is 3. The van der Waals surface area contributed by atoms with Gasteiger partial charge in [0.1, 0.15) is 11.6 Å². The highest BCUT2D eigenvalue weighted by atomic mass is 33.1. The maximum atomic E-state index is 12.8. The Balaban J connectivity index is 1.88. The van der Waals surface area contributed by atoms with Crippen LogP contribution in [0.5, 0.6) is 0 Å². The van der Waals surface area contributed by atoms with Crippen LogP contribution in [-0.4, -0.2) is 31.8 Å². The molecule has 0 atom stereocenters. The number of nitrogens with one attached hydrogen (secondary N) is 1. The van der Waals surface area contributed by atoms with Crippen LogP contribution in [0.25, 0.3) is 22.4 Å². The van der Waals surface area contributed by atoms with Gasteiger partial charge in [-0.3, -0.25) is 9.78 Å². The third-order valence-electron chi connectivity index (χ3n) is 3.42. The number of H-pyrrole nitrogens is 1. The number of carbonyl (C=O) groups is 1. The number of rotatable bonds is 6. The number of hydrogen-bond acceptors (Lipinski definition) is 5. The van der Waals surface area contributed by atoms with Crippen LogP contribution in [0.1, 0.15) is 11.3 Å². The van der Waals surface area contributed by atoms with E-state index >= 15 is 0 Å². The molecule has 3 rings (SSSR count). The number of benzene rings is 1. The predicted molar refractivity (Wildman–Crippen MR) is 95.7 cm³/mol. The summed E-state index contributed by atoms with van der Waals surface area (Å²) in [6.07, 6.45) is -2.82. The number of halogens is 3.